The number of hydrogen-bond donors (Lipinski definition) is 0. The summed E-state index contributed by atoms with van der Waals surface area (Å²) < 4.78 is 1.60. The molecule has 6 nitrogen and oxygen atoms in total. The summed E-state index contributed by atoms with van der Waals surface area (Å²) in [6.07, 6.45) is 2.33. The second-order valence-electron chi connectivity index (χ2n) is 4.06. The Bertz CT molecular complexity index is 887. The van der Waals surface area contributed by atoms with Crippen LogP contribution in [0.3, 0.4) is 0 Å². The van der Waals surface area contributed by atoms with E-state index in [2.05, 4.69) is 4.98 Å². The van der Waals surface area contributed by atoms with E-state index in [1.165, 1.54) is 23.5 Å². The van der Waals surface area contributed by atoms with Gasteiger partial charge in [-0.2, -0.15) is 0 Å². The number of aldehydes is 1. The van der Waals surface area contributed by atoms with Crippen molar-refractivity contribution < 1.29 is 9.72 Å². The largest absolute Gasteiger partial charge is 0.296 e. The van der Waals surface area contributed by atoms with Crippen molar-refractivity contribution in [3.8, 4) is 11.3 Å². The molecule has 0 unspecified atom stereocenters. The van der Waals surface area contributed by atoms with Crippen LogP contribution in [-0.4, -0.2) is 20.6 Å². The molecule has 3 aromatic rings. The molecule has 21 heavy (non-hydrogen) atoms. The van der Waals surface area contributed by atoms with Crippen LogP contribution in [0.2, 0.25) is 10.0 Å². The van der Waals surface area contributed by atoms with Gasteiger partial charge in [0.25, 0.3) is 5.69 Å². The molecule has 2 aromatic heterocycles. The second-order valence-corrected chi connectivity index (χ2v) is 5.75. The molecule has 1 aromatic carbocycles. The maximum Gasteiger partial charge on any atom is 0.288 e. The highest BCUT2D eigenvalue weighted by Crippen LogP contribution is 2.37. The quantitative estimate of drug-likeness (QED) is 0.408. The number of aromatic nitrogens is 2. The molecule has 0 radical (unpaired) electrons. The second kappa shape index (κ2) is 5.10. The average Bonchev–Trinajstić information content (AvgIpc) is 2.98. The highest BCUT2D eigenvalue weighted by molar-refractivity contribution is 7.15. The number of thiazole rings is 1. The summed E-state index contributed by atoms with van der Waals surface area (Å²) in [7, 11) is 0. The Morgan fingerprint density at radius 1 is 1.33 bits per heavy atom. The fourth-order valence-corrected chi connectivity index (χ4v) is 3.24. The van der Waals surface area contributed by atoms with Gasteiger partial charge in [0.2, 0.25) is 0 Å². The number of rotatable bonds is 3. The lowest BCUT2D eigenvalue weighted by molar-refractivity contribution is -0.384. The van der Waals surface area contributed by atoms with E-state index in [1.54, 1.807) is 16.0 Å². The van der Waals surface area contributed by atoms with Crippen molar-refractivity contribution in [3.63, 3.8) is 0 Å². The van der Waals surface area contributed by atoms with E-state index in [4.69, 9.17) is 23.2 Å². The van der Waals surface area contributed by atoms with E-state index in [9.17, 15) is 14.9 Å². The van der Waals surface area contributed by atoms with Crippen LogP contribution in [0, 0.1) is 10.1 Å². The lowest BCUT2D eigenvalue weighted by Crippen LogP contribution is -1.94. The Hall–Kier alpha value is -1.96. The van der Waals surface area contributed by atoms with Crippen LogP contribution in [0.1, 0.15) is 10.5 Å². The Labute approximate surface area is 131 Å². The molecule has 0 aliphatic heterocycles. The zero-order valence-corrected chi connectivity index (χ0v) is 12.4. The predicted molar refractivity (Wildman–Crippen MR) is 80.6 cm³/mol. The summed E-state index contributed by atoms with van der Waals surface area (Å²) in [6, 6.07) is 2.50. The number of carbonyl (C=O) groups excluding carboxylic acids is 1. The molecule has 0 amide bonds. The van der Waals surface area contributed by atoms with Gasteiger partial charge in [-0.05, 0) is 6.07 Å². The molecule has 0 fully saturated rings. The van der Waals surface area contributed by atoms with Crippen molar-refractivity contribution in [1.82, 2.24) is 9.38 Å². The van der Waals surface area contributed by atoms with E-state index >= 15 is 0 Å². The zero-order valence-electron chi connectivity index (χ0n) is 10.1. The van der Waals surface area contributed by atoms with Crippen LogP contribution in [-0.2, 0) is 0 Å². The highest BCUT2D eigenvalue weighted by Gasteiger charge is 2.22. The molecule has 106 valence electrons. The Balaban J connectivity index is 2.31. The normalized spacial score (nSPS) is 11.0. The average molecular weight is 342 g/mol. The number of carbonyl (C=O) groups is 1. The molecule has 0 spiro atoms. The Morgan fingerprint density at radius 2 is 2.10 bits per heavy atom. The zero-order chi connectivity index (χ0) is 15.1. The van der Waals surface area contributed by atoms with Crippen LogP contribution < -0.4 is 0 Å². The van der Waals surface area contributed by atoms with Crippen molar-refractivity contribution >= 4 is 51.5 Å². The van der Waals surface area contributed by atoms with Crippen LogP contribution in [0.25, 0.3) is 16.2 Å². The number of nitrogens with zero attached hydrogens (tertiary/aromatic N) is 3. The monoisotopic (exact) mass is 341 g/mol. The molecule has 2 heterocycles. The molecule has 0 aliphatic rings. The third-order valence-electron chi connectivity index (χ3n) is 2.90. The number of fused-ring (bicyclic) bond motifs is 1. The molecule has 0 saturated heterocycles. The molecule has 9 heteroatoms. The minimum absolute atomic E-state index is 0.0672. The number of imidazole rings is 1. The van der Waals surface area contributed by atoms with Crippen LogP contribution in [0.15, 0.2) is 23.7 Å². The SMILES string of the molecule is O=Cc1c(-c2cc([N+](=O)[O-])c(Cl)cc2Cl)nc2sccn12. The first-order valence-electron chi connectivity index (χ1n) is 5.57. The summed E-state index contributed by atoms with van der Waals surface area (Å²) in [4.78, 5) is 26.6. The molecule has 0 atom stereocenters. The number of nitro groups is 1. The lowest BCUT2D eigenvalue weighted by Gasteiger charge is -2.04. The van der Waals surface area contributed by atoms with Gasteiger partial charge in [0.05, 0.1) is 9.95 Å². The van der Waals surface area contributed by atoms with Crippen molar-refractivity contribution in [2.75, 3.05) is 0 Å². The van der Waals surface area contributed by atoms with E-state index in [0.717, 1.165) is 0 Å². The third-order valence-corrected chi connectivity index (χ3v) is 4.27. The first kappa shape index (κ1) is 14.0. The first-order valence-corrected chi connectivity index (χ1v) is 7.21. The van der Waals surface area contributed by atoms with Crippen molar-refractivity contribution in [1.29, 1.82) is 0 Å². The summed E-state index contributed by atoms with van der Waals surface area (Å²) in [6.45, 7) is 0. The molecular formula is C12H5Cl2N3O3S. The van der Waals surface area contributed by atoms with Crippen LogP contribution in [0.4, 0.5) is 5.69 Å². The fourth-order valence-electron chi connectivity index (χ4n) is 1.97. The first-order chi connectivity index (χ1) is 10.0. The number of nitro benzene ring substituents is 1. The number of benzene rings is 1. The summed E-state index contributed by atoms with van der Waals surface area (Å²) in [5.41, 5.74) is 0.585. The van der Waals surface area contributed by atoms with E-state index in [0.29, 0.717) is 22.5 Å². The van der Waals surface area contributed by atoms with Crippen molar-refractivity contribution in [3.05, 3.63) is 49.6 Å². The fraction of sp³-hybridized carbons (Fsp3) is 0. The Kier molecular flexibility index (Phi) is 3.40. The smallest absolute Gasteiger partial charge is 0.288 e. The van der Waals surface area contributed by atoms with Gasteiger partial charge in [-0.3, -0.25) is 19.3 Å². The van der Waals surface area contributed by atoms with Crippen molar-refractivity contribution in [2.45, 2.75) is 0 Å². The van der Waals surface area contributed by atoms with Gasteiger partial charge in [0.1, 0.15) is 16.4 Å². The molecular weight excluding hydrogens is 337 g/mol. The van der Waals surface area contributed by atoms with Gasteiger partial charge in [-0.25, -0.2) is 4.98 Å². The molecule has 0 saturated carbocycles. The maximum absolute atomic E-state index is 11.3. The van der Waals surface area contributed by atoms with E-state index in [-0.39, 0.29) is 21.4 Å². The van der Waals surface area contributed by atoms with Gasteiger partial charge in [-0.15, -0.1) is 11.3 Å². The maximum atomic E-state index is 11.3. The van der Waals surface area contributed by atoms with Gasteiger partial charge < -0.3 is 0 Å². The third kappa shape index (κ3) is 2.19. The molecule has 0 aliphatic carbocycles. The van der Waals surface area contributed by atoms with Gasteiger partial charge >= 0.3 is 0 Å². The molecule has 0 N–H and O–H groups in total. The topological polar surface area (TPSA) is 77.5 Å². The minimum Gasteiger partial charge on any atom is -0.296 e. The summed E-state index contributed by atoms with van der Waals surface area (Å²) in [5.74, 6) is 0. The van der Waals surface area contributed by atoms with Gasteiger partial charge in [0.15, 0.2) is 11.2 Å². The molecule has 0 bridgehead atoms. The van der Waals surface area contributed by atoms with Gasteiger partial charge in [0, 0.05) is 23.2 Å². The highest BCUT2D eigenvalue weighted by atomic mass is 35.5. The lowest BCUT2D eigenvalue weighted by atomic mass is 10.1. The van der Waals surface area contributed by atoms with Crippen molar-refractivity contribution in [2.24, 2.45) is 0 Å². The number of halogens is 2. The van der Waals surface area contributed by atoms with E-state index in [1.807, 2.05) is 0 Å². The van der Waals surface area contributed by atoms with Crippen LogP contribution in [0.5, 0.6) is 0 Å². The number of hydrogen-bond acceptors (Lipinski definition) is 5. The van der Waals surface area contributed by atoms with E-state index < -0.39 is 4.92 Å². The molecule has 3 rings (SSSR count). The summed E-state index contributed by atoms with van der Waals surface area (Å²) >= 11 is 13.2. The Morgan fingerprint density at radius 3 is 2.76 bits per heavy atom. The minimum atomic E-state index is -0.610. The summed E-state index contributed by atoms with van der Waals surface area (Å²) in [5, 5.41) is 12.9. The van der Waals surface area contributed by atoms with Gasteiger partial charge in [-0.1, -0.05) is 23.2 Å². The predicted octanol–water partition coefficient (Wildman–Crippen LogP) is 4.09. The van der Waals surface area contributed by atoms with Crippen LogP contribution >= 0.6 is 34.5 Å². The standard InChI is InChI=1S/C12H5Cl2N3O3S/c13-7-4-8(14)9(17(19)20)3-6(7)11-10(5-18)16-1-2-21-12(16)15-11/h1-5H.